The third-order valence-electron chi connectivity index (χ3n) is 8.71. The van der Waals surface area contributed by atoms with Crippen molar-refractivity contribution in [3.63, 3.8) is 0 Å². The average Bonchev–Trinajstić information content (AvgIpc) is 3.23. The lowest BCUT2D eigenvalue weighted by Gasteiger charge is -2.47. The Morgan fingerprint density at radius 2 is 1.70 bits per heavy atom. The molecule has 2 saturated carbocycles. The predicted molar refractivity (Wildman–Crippen MR) is 148 cm³/mol. The number of carbonyl (C=O) groups excluding carboxylic acids is 2. The summed E-state index contributed by atoms with van der Waals surface area (Å²) in [6.07, 6.45) is 12.7. The Morgan fingerprint density at radius 3 is 2.41 bits per heavy atom. The van der Waals surface area contributed by atoms with Crippen LogP contribution in [0.1, 0.15) is 77.2 Å². The molecule has 0 atom stereocenters. The molecule has 5 rings (SSSR count). The predicted octanol–water partition coefficient (Wildman–Crippen LogP) is 4.66. The summed E-state index contributed by atoms with van der Waals surface area (Å²) in [5, 5.41) is 14.6. The van der Waals surface area contributed by atoms with E-state index in [1.165, 1.54) is 62.5 Å². The first-order valence-electron chi connectivity index (χ1n) is 14.4. The molecule has 3 N–H and O–H groups in total. The Balaban J connectivity index is 1.08. The van der Waals surface area contributed by atoms with Crippen molar-refractivity contribution in [1.29, 1.82) is 0 Å². The van der Waals surface area contributed by atoms with E-state index in [0.29, 0.717) is 11.9 Å². The van der Waals surface area contributed by atoms with E-state index in [1.807, 2.05) is 39.0 Å². The van der Waals surface area contributed by atoms with Gasteiger partial charge in [-0.3, -0.25) is 9.69 Å². The lowest BCUT2D eigenvalue weighted by Crippen LogP contribution is -2.63. The van der Waals surface area contributed by atoms with Gasteiger partial charge in [0.15, 0.2) is 5.82 Å². The SMILES string of the molecule is Cc1ccc2c(c1)c(NCC(=O)NC1CN(C3CCC(C4CCCCC4)CC3)C1)nn2C(=O)NC(C)C. The number of carbonyl (C=O) groups is 2. The molecular formula is C29H44N6O2. The molecule has 0 radical (unpaired) electrons. The van der Waals surface area contributed by atoms with Crippen molar-refractivity contribution in [2.45, 2.75) is 96.7 Å². The number of likely N-dealkylation sites (tertiary alicyclic amines) is 1. The number of anilines is 1. The largest absolute Gasteiger partial charge is 0.359 e. The van der Waals surface area contributed by atoms with Crippen molar-refractivity contribution in [2.24, 2.45) is 11.8 Å². The number of amides is 2. The highest BCUT2D eigenvalue weighted by Gasteiger charge is 2.36. The minimum atomic E-state index is -0.274. The first-order chi connectivity index (χ1) is 17.9. The van der Waals surface area contributed by atoms with Crippen molar-refractivity contribution in [3.05, 3.63) is 23.8 Å². The normalized spacial score (nSPS) is 23.7. The number of aryl methyl sites for hydroxylation is 1. The first-order valence-corrected chi connectivity index (χ1v) is 14.4. The zero-order valence-corrected chi connectivity index (χ0v) is 22.8. The smallest absolute Gasteiger partial charge is 0.342 e. The molecule has 3 fully saturated rings. The second-order valence-corrected chi connectivity index (χ2v) is 11.9. The Kier molecular flexibility index (Phi) is 8.03. The van der Waals surface area contributed by atoms with Crippen molar-refractivity contribution in [2.75, 3.05) is 25.0 Å². The highest BCUT2D eigenvalue weighted by atomic mass is 16.2. The van der Waals surface area contributed by atoms with E-state index >= 15 is 0 Å². The van der Waals surface area contributed by atoms with Gasteiger partial charge in [0.05, 0.1) is 18.1 Å². The molecule has 3 aliphatic rings. The van der Waals surface area contributed by atoms with Gasteiger partial charge in [-0.1, -0.05) is 43.7 Å². The van der Waals surface area contributed by atoms with E-state index in [4.69, 9.17) is 0 Å². The maximum absolute atomic E-state index is 12.7. The van der Waals surface area contributed by atoms with Crippen LogP contribution in [0.4, 0.5) is 10.6 Å². The summed E-state index contributed by atoms with van der Waals surface area (Å²) in [5.74, 6) is 2.46. The van der Waals surface area contributed by atoms with Crippen LogP contribution in [0.5, 0.6) is 0 Å². The van der Waals surface area contributed by atoms with Crippen LogP contribution in [0.2, 0.25) is 0 Å². The van der Waals surface area contributed by atoms with Gasteiger partial charge in [0.2, 0.25) is 5.91 Å². The zero-order chi connectivity index (χ0) is 25.9. The number of nitrogens with zero attached hydrogens (tertiary/aromatic N) is 3. The molecule has 2 heterocycles. The molecule has 1 saturated heterocycles. The number of benzene rings is 1. The standard InChI is InChI=1S/C29H44N6O2/c1-19(2)31-29(37)35-26-14-9-20(3)15-25(26)28(33-35)30-16-27(36)32-23-17-34(18-23)24-12-10-22(11-13-24)21-7-5-4-6-8-21/h9,14-15,19,21-24H,4-8,10-13,16-18H2,1-3H3,(H,30,33)(H,31,37)(H,32,36). The highest BCUT2D eigenvalue weighted by molar-refractivity contribution is 5.98. The summed E-state index contributed by atoms with van der Waals surface area (Å²) in [7, 11) is 0. The second kappa shape index (κ2) is 11.4. The highest BCUT2D eigenvalue weighted by Crippen LogP contribution is 2.39. The molecule has 0 unspecified atom stereocenters. The summed E-state index contributed by atoms with van der Waals surface area (Å²) in [5.41, 5.74) is 1.80. The number of aromatic nitrogens is 2. The van der Waals surface area contributed by atoms with Gasteiger partial charge in [0, 0.05) is 30.6 Å². The summed E-state index contributed by atoms with van der Waals surface area (Å²) in [6, 6.07) is 6.50. The molecule has 202 valence electrons. The van der Waals surface area contributed by atoms with Gasteiger partial charge >= 0.3 is 6.03 Å². The summed E-state index contributed by atoms with van der Waals surface area (Å²) in [6.45, 7) is 7.89. The molecule has 1 aliphatic heterocycles. The number of hydrogen-bond donors (Lipinski definition) is 3. The number of fused-ring (bicyclic) bond motifs is 1. The lowest BCUT2D eigenvalue weighted by atomic mass is 9.72. The molecule has 0 bridgehead atoms. The van der Waals surface area contributed by atoms with Crippen LogP contribution in [0.3, 0.4) is 0 Å². The van der Waals surface area contributed by atoms with E-state index in [-0.39, 0.29) is 30.6 Å². The van der Waals surface area contributed by atoms with Gasteiger partial charge in [0.25, 0.3) is 0 Å². The van der Waals surface area contributed by atoms with E-state index < -0.39 is 0 Å². The first kappa shape index (κ1) is 26.0. The lowest BCUT2D eigenvalue weighted by molar-refractivity contribution is -0.121. The molecule has 2 aromatic rings. The maximum atomic E-state index is 12.7. The van der Waals surface area contributed by atoms with Crippen LogP contribution >= 0.6 is 0 Å². The van der Waals surface area contributed by atoms with E-state index in [9.17, 15) is 9.59 Å². The van der Waals surface area contributed by atoms with Crippen LogP contribution in [0, 0.1) is 18.8 Å². The molecule has 1 aromatic heterocycles. The fourth-order valence-corrected chi connectivity index (χ4v) is 6.71. The van der Waals surface area contributed by atoms with Gasteiger partial charge < -0.3 is 16.0 Å². The molecule has 37 heavy (non-hydrogen) atoms. The topological polar surface area (TPSA) is 91.3 Å². The number of rotatable bonds is 7. The molecule has 8 nitrogen and oxygen atoms in total. The zero-order valence-electron chi connectivity index (χ0n) is 22.8. The van der Waals surface area contributed by atoms with Crippen LogP contribution in [0.25, 0.3) is 10.9 Å². The van der Waals surface area contributed by atoms with Crippen LogP contribution in [-0.4, -0.2) is 64.4 Å². The third kappa shape index (κ3) is 6.11. The molecule has 0 spiro atoms. The maximum Gasteiger partial charge on any atom is 0.342 e. The van der Waals surface area contributed by atoms with Gasteiger partial charge in [-0.25, -0.2) is 4.79 Å². The molecule has 8 heteroatoms. The van der Waals surface area contributed by atoms with Gasteiger partial charge in [0.1, 0.15) is 0 Å². The quantitative estimate of drug-likeness (QED) is 0.506. The Labute approximate surface area is 220 Å². The van der Waals surface area contributed by atoms with E-state index in [1.54, 1.807) is 0 Å². The Hall–Kier alpha value is -2.61. The van der Waals surface area contributed by atoms with Crippen LogP contribution in [0.15, 0.2) is 18.2 Å². The van der Waals surface area contributed by atoms with Crippen LogP contribution in [-0.2, 0) is 4.79 Å². The van der Waals surface area contributed by atoms with Gasteiger partial charge in [-0.05, 0) is 70.4 Å². The number of nitrogens with one attached hydrogen (secondary N) is 3. The van der Waals surface area contributed by atoms with E-state index in [2.05, 4.69) is 25.9 Å². The molecule has 2 amide bonds. The monoisotopic (exact) mass is 508 g/mol. The number of hydrogen-bond acceptors (Lipinski definition) is 5. The van der Waals surface area contributed by atoms with Crippen molar-refractivity contribution in [1.82, 2.24) is 25.3 Å². The third-order valence-corrected chi connectivity index (χ3v) is 8.71. The van der Waals surface area contributed by atoms with E-state index in [0.717, 1.165) is 41.4 Å². The minimum absolute atomic E-state index is 0.00774. The fourth-order valence-electron chi connectivity index (χ4n) is 6.71. The minimum Gasteiger partial charge on any atom is -0.359 e. The molecular weight excluding hydrogens is 464 g/mol. The summed E-state index contributed by atoms with van der Waals surface area (Å²) >= 11 is 0. The van der Waals surface area contributed by atoms with Gasteiger partial charge in [-0.2, -0.15) is 4.68 Å². The summed E-state index contributed by atoms with van der Waals surface area (Å²) in [4.78, 5) is 27.9. The molecule has 2 aliphatic carbocycles. The fraction of sp³-hybridized carbons (Fsp3) is 0.690. The Morgan fingerprint density at radius 1 is 1.00 bits per heavy atom. The van der Waals surface area contributed by atoms with Crippen LogP contribution < -0.4 is 16.0 Å². The van der Waals surface area contributed by atoms with Crippen molar-refractivity contribution < 1.29 is 9.59 Å². The summed E-state index contributed by atoms with van der Waals surface area (Å²) < 4.78 is 1.38. The van der Waals surface area contributed by atoms with Crippen molar-refractivity contribution in [3.8, 4) is 0 Å². The van der Waals surface area contributed by atoms with Gasteiger partial charge in [-0.15, -0.1) is 5.10 Å². The second-order valence-electron chi connectivity index (χ2n) is 11.9. The Bertz CT molecular complexity index is 1090. The molecule has 1 aromatic carbocycles. The average molecular weight is 509 g/mol. The van der Waals surface area contributed by atoms with Crippen molar-refractivity contribution >= 4 is 28.7 Å².